The molecule has 30 heavy (non-hydrogen) atoms. The van der Waals surface area contributed by atoms with Gasteiger partial charge in [0.1, 0.15) is 5.82 Å². The summed E-state index contributed by atoms with van der Waals surface area (Å²) in [6.07, 6.45) is 2.13. The maximum Gasteiger partial charge on any atom is 0.202 e. The van der Waals surface area contributed by atoms with Crippen LogP contribution >= 0.6 is 11.6 Å². The number of amidine groups is 1. The summed E-state index contributed by atoms with van der Waals surface area (Å²) in [5.41, 5.74) is 1.80. The van der Waals surface area contributed by atoms with Gasteiger partial charge in [-0.15, -0.1) is 0 Å². The highest BCUT2D eigenvalue weighted by Gasteiger charge is 2.27. The second-order valence-corrected chi connectivity index (χ2v) is 9.63. The number of sulfone groups is 1. The van der Waals surface area contributed by atoms with Gasteiger partial charge < -0.3 is 20.8 Å². The highest BCUT2D eigenvalue weighted by atomic mass is 35.5. The Hall–Kier alpha value is -2.92. The number of aromatic amines is 1. The fourth-order valence-corrected chi connectivity index (χ4v) is 5.37. The lowest BCUT2D eigenvalue weighted by atomic mass is 10.1. The quantitative estimate of drug-likeness (QED) is 0.202. The first-order chi connectivity index (χ1) is 14.3. The largest absolute Gasteiger partial charge is 0.409 e. The third-order valence-electron chi connectivity index (χ3n) is 4.81. The van der Waals surface area contributed by atoms with Crippen LogP contribution in [-0.2, 0) is 9.84 Å². The van der Waals surface area contributed by atoms with Gasteiger partial charge in [-0.2, -0.15) is 4.98 Å². The van der Waals surface area contributed by atoms with E-state index in [4.69, 9.17) is 11.6 Å². The second-order valence-electron chi connectivity index (χ2n) is 6.99. The van der Waals surface area contributed by atoms with Crippen molar-refractivity contribution in [2.75, 3.05) is 28.7 Å². The first-order valence-electron chi connectivity index (χ1n) is 9.08. The van der Waals surface area contributed by atoms with E-state index >= 15 is 0 Å². The molecular formula is C18H18ClFN6O3S. The summed E-state index contributed by atoms with van der Waals surface area (Å²) in [4.78, 5) is 11.6. The molecule has 12 heteroatoms. The molecule has 0 radical (unpaired) electrons. The lowest BCUT2D eigenvalue weighted by Crippen LogP contribution is -2.16. The van der Waals surface area contributed by atoms with Crippen LogP contribution < -0.4 is 10.6 Å². The molecule has 0 bridgehead atoms. The lowest BCUT2D eigenvalue weighted by molar-refractivity contribution is 0.319. The molecule has 3 heterocycles. The van der Waals surface area contributed by atoms with Crippen LogP contribution in [0.3, 0.4) is 0 Å². The van der Waals surface area contributed by atoms with E-state index in [1.807, 2.05) is 0 Å². The average Bonchev–Trinajstić information content (AvgIpc) is 3.29. The van der Waals surface area contributed by atoms with E-state index in [-0.39, 0.29) is 28.3 Å². The maximum atomic E-state index is 13.4. The van der Waals surface area contributed by atoms with Crippen LogP contribution in [0.2, 0.25) is 5.02 Å². The minimum atomic E-state index is -2.95. The van der Waals surface area contributed by atoms with Gasteiger partial charge in [0, 0.05) is 24.0 Å². The smallest absolute Gasteiger partial charge is 0.202 e. The van der Waals surface area contributed by atoms with Gasteiger partial charge >= 0.3 is 0 Å². The molecule has 0 spiro atoms. The summed E-state index contributed by atoms with van der Waals surface area (Å²) in [6, 6.07) is 5.65. The number of pyridine rings is 1. The number of aromatic nitrogens is 3. The zero-order valence-corrected chi connectivity index (χ0v) is 17.1. The van der Waals surface area contributed by atoms with Crippen molar-refractivity contribution in [2.45, 2.75) is 6.42 Å². The summed E-state index contributed by atoms with van der Waals surface area (Å²) in [7, 11) is -2.95. The van der Waals surface area contributed by atoms with Crippen LogP contribution in [0.15, 0.2) is 35.6 Å². The van der Waals surface area contributed by atoms with Crippen molar-refractivity contribution in [3.05, 3.63) is 46.9 Å². The van der Waals surface area contributed by atoms with Gasteiger partial charge in [0.05, 0.1) is 22.0 Å². The van der Waals surface area contributed by atoms with E-state index in [9.17, 15) is 18.0 Å². The number of anilines is 2. The van der Waals surface area contributed by atoms with Crippen LogP contribution in [0.5, 0.6) is 0 Å². The number of fused-ring (bicyclic) bond motifs is 1. The molecule has 9 nitrogen and oxygen atoms in total. The zero-order valence-electron chi connectivity index (χ0n) is 15.6. The fourth-order valence-electron chi connectivity index (χ4n) is 3.32. The monoisotopic (exact) mass is 452 g/mol. The third kappa shape index (κ3) is 4.31. The summed E-state index contributed by atoms with van der Waals surface area (Å²) >= 11 is 5.80. The number of rotatable bonds is 5. The zero-order chi connectivity index (χ0) is 21.3. The second kappa shape index (κ2) is 8.07. The number of H-pyrrole nitrogens is 1. The van der Waals surface area contributed by atoms with Crippen LogP contribution in [-0.4, -0.2) is 52.5 Å². The van der Waals surface area contributed by atoms with Crippen LogP contribution in [0.1, 0.15) is 12.0 Å². The minimum Gasteiger partial charge on any atom is -0.409 e. The van der Waals surface area contributed by atoms with Crippen molar-refractivity contribution in [3.63, 3.8) is 0 Å². The van der Waals surface area contributed by atoms with E-state index in [0.29, 0.717) is 41.3 Å². The van der Waals surface area contributed by atoms with Gasteiger partial charge in [-0.05, 0) is 36.6 Å². The van der Waals surface area contributed by atoms with Gasteiger partial charge in [-0.25, -0.2) is 17.8 Å². The van der Waals surface area contributed by atoms with Gasteiger partial charge in [-0.3, -0.25) is 0 Å². The molecule has 158 valence electrons. The third-order valence-corrected chi connectivity index (χ3v) is 6.94. The number of hydrogen-bond donors (Lipinski definition) is 4. The van der Waals surface area contributed by atoms with Gasteiger partial charge in [-0.1, -0.05) is 16.8 Å². The highest BCUT2D eigenvalue weighted by Crippen LogP contribution is 2.23. The molecule has 0 aliphatic carbocycles. The predicted octanol–water partition coefficient (Wildman–Crippen LogP) is 2.84. The maximum absolute atomic E-state index is 13.4. The number of nitrogens with zero attached hydrogens (tertiary/aromatic N) is 3. The molecule has 1 fully saturated rings. The minimum absolute atomic E-state index is 0.0232. The van der Waals surface area contributed by atoms with Crippen LogP contribution in [0.25, 0.3) is 11.2 Å². The summed E-state index contributed by atoms with van der Waals surface area (Å²) in [6.45, 7) is 0.460. The Morgan fingerprint density at radius 3 is 2.93 bits per heavy atom. The molecule has 4 N–H and O–H groups in total. The van der Waals surface area contributed by atoms with Gasteiger partial charge in [0.15, 0.2) is 21.3 Å². The molecule has 4 rings (SSSR count). The molecule has 1 aliphatic heterocycles. The Labute approximate surface area is 176 Å². The SMILES string of the molecule is O=S1(=O)CCC(CNc2nc3nccc(C(=NO)Nc4ccc(F)c(Cl)c4)c3[nH]2)C1. The summed E-state index contributed by atoms with van der Waals surface area (Å²) in [5, 5.41) is 18.7. The highest BCUT2D eigenvalue weighted by molar-refractivity contribution is 7.91. The summed E-state index contributed by atoms with van der Waals surface area (Å²) < 4.78 is 36.6. The number of oxime groups is 1. The summed E-state index contributed by atoms with van der Waals surface area (Å²) in [5.74, 6) is 0.347. The molecule has 1 unspecified atom stereocenters. The van der Waals surface area contributed by atoms with E-state index in [1.165, 1.54) is 24.4 Å². The number of benzene rings is 1. The van der Waals surface area contributed by atoms with Crippen LogP contribution in [0.4, 0.5) is 16.0 Å². The standard InChI is InChI=1S/C18H18ClFN6O3S/c19-13-7-11(1-2-14(13)20)23-16(26-27)12-3-5-21-17-15(12)24-18(25-17)22-8-10-4-6-30(28,29)9-10/h1-3,5,7,10,27H,4,6,8-9H2,(H,23,26)(H2,21,22,24,25). The van der Waals surface area contributed by atoms with E-state index in [2.05, 4.69) is 30.7 Å². The molecular weight excluding hydrogens is 435 g/mol. The predicted molar refractivity (Wildman–Crippen MR) is 112 cm³/mol. The molecule has 1 aromatic carbocycles. The molecule has 2 aromatic heterocycles. The van der Waals surface area contributed by atoms with E-state index < -0.39 is 15.7 Å². The first kappa shape index (κ1) is 20.4. The molecule has 1 aliphatic rings. The van der Waals surface area contributed by atoms with Crippen molar-refractivity contribution < 1.29 is 18.0 Å². The van der Waals surface area contributed by atoms with Gasteiger partial charge in [0.25, 0.3) is 0 Å². The van der Waals surface area contributed by atoms with Gasteiger partial charge in [0.2, 0.25) is 5.95 Å². The van der Waals surface area contributed by atoms with Crippen molar-refractivity contribution >= 4 is 50.1 Å². The fraction of sp³-hybridized carbons (Fsp3) is 0.278. The molecule has 0 amide bonds. The molecule has 1 saturated heterocycles. The Morgan fingerprint density at radius 1 is 1.40 bits per heavy atom. The Morgan fingerprint density at radius 2 is 2.23 bits per heavy atom. The van der Waals surface area contributed by atoms with Crippen molar-refractivity contribution in [3.8, 4) is 0 Å². The number of halogens is 2. The molecule has 3 aromatic rings. The average molecular weight is 453 g/mol. The molecule has 1 atom stereocenters. The van der Waals surface area contributed by atoms with Crippen molar-refractivity contribution in [2.24, 2.45) is 11.1 Å². The number of imidazole rings is 1. The first-order valence-corrected chi connectivity index (χ1v) is 11.3. The van der Waals surface area contributed by atoms with Crippen LogP contribution in [0, 0.1) is 11.7 Å². The Balaban J connectivity index is 1.55. The van der Waals surface area contributed by atoms with E-state index in [1.54, 1.807) is 6.07 Å². The van der Waals surface area contributed by atoms with Crippen molar-refractivity contribution in [1.29, 1.82) is 0 Å². The lowest BCUT2D eigenvalue weighted by Gasteiger charge is -2.10. The molecule has 0 saturated carbocycles. The Bertz CT molecular complexity index is 1230. The number of hydrogen-bond acceptors (Lipinski definition) is 7. The normalized spacial score (nSPS) is 18.6. The number of nitrogens with one attached hydrogen (secondary N) is 3. The Kier molecular flexibility index (Phi) is 5.48. The van der Waals surface area contributed by atoms with E-state index in [0.717, 1.165) is 0 Å². The van der Waals surface area contributed by atoms with Crippen molar-refractivity contribution in [1.82, 2.24) is 15.0 Å². The topological polar surface area (TPSA) is 132 Å².